The predicted octanol–water partition coefficient (Wildman–Crippen LogP) is 4.63. The number of H-pyrrole nitrogens is 1. The fourth-order valence-corrected chi connectivity index (χ4v) is 4.70. The molecule has 0 bridgehead atoms. The second kappa shape index (κ2) is 9.02. The Balaban J connectivity index is 1.59. The van der Waals surface area contributed by atoms with Crippen LogP contribution in [0.2, 0.25) is 0 Å². The molecule has 0 radical (unpaired) electrons. The van der Waals surface area contributed by atoms with Crippen molar-refractivity contribution in [1.82, 2.24) is 10.2 Å². The summed E-state index contributed by atoms with van der Waals surface area (Å²) in [5, 5.41) is 17.4. The minimum Gasteiger partial charge on any atom is -0.497 e. The molecule has 0 amide bonds. The van der Waals surface area contributed by atoms with E-state index in [1.807, 2.05) is 42.5 Å². The number of hydrogen-bond acceptors (Lipinski definition) is 7. The Kier molecular flexibility index (Phi) is 5.76. The number of benzene rings is 2. The number of nitrogens with two attached hydrogens (primary N) is 1. The molecular formula is C26H26N4O4. The molecule has 2 heterocycles. The van der Waals surface area contributed by atoms with Gasteiger partial charge in [-0.2, -0.15) is 5.26 Å². The molecule has 0 unspecified atom stereocenters. The van der Waals surface area contributed by atoms with E-state index in [-0.39, 0.29) is 12.0 Å². The number of nitrogens with zero attached hydrogens (tertiary/aromatic N) is 2. The summed E-state index contributed by atoms with van der Waals surface area (Å²) in [6, 6.07) is 15.6. The molecule has 1 fully saturated rings. The first-order valence-electron chi connectivity index (χ1n) is 11.3. The van der Waals surface area contributed by atoms with Gasteiger partial charge in [0.1, 0.15) is 17.4 Å². The highest BCUT2D eigenvalue weighted by molar-refractivity contribution is 5.71. The lowest BCUT2D eigenvalue weighted by atomic mass is 9.83. The Morgan fingerprint density at radius 3 is 2.50 bits per heavy atom. The molecule has 34 heavy (non-hydrogen) atoms. The summed E-state index contributed by atoms with van der Waals surface area (Å²) < 4.78 is 22.9. The quantitative estimate of drug-likeness (QED) is 0.553. The molecule has 5 rings (SSSR count). The number of methoxy groups -OCH3 is 2. The topological polar surface area (TPSA) is 115 Å². The van der Waals surface area contributed by atoms with E-state index in [9.17, 15) is 5.26 Å². The van der Waals surface area contributed by atoms with Gasteiger partial charge in [0.15, 0.2) is 11.5 Å². The van der Waals surface area contributed by atoms with Crippen LogP contribution in [0.1, 0.15) is 42.7 Å². The molecule has 2 aliphatic rings. The zero-order valence-electron chi connectivity index (χ0n) is 19.1. The minimum atomic E-state index is -0.487. The first-order valence-corrected chi connectivity index (χ1v) is 11.3. The molecule has 3 N–H and O–H groups in total. The number of fused-ring (bicyclic) bond motifs is 1. The first-order chi connectivity index (χ1) is 16.6. The van der Waals surface area contributed by atoms with Crippen LogP contribution in [0.25, 0.3) is 11.3 Å². The Morgan fingerprint density at radius 1 is 1.06 bits per heavy atom. The molecule has 1 atom stereocenters. The minimum absolute atomic E-state index is 0.0398. The van der Waals surface area contributed by atoms with Crippen LogP contribution in [0.15, 0.2) is 53.9 Å². The van der Waals surface area contributed by atoms with Crippen molar-refractivity contribution in [3.8, 4) is 40.5 Å². The van der Waals surface area contributed by atoms with Crippen molar-refractivity contribution < 1.29 is 18.9 Å². The lowest BCUT2D eigenvalue weighted by Gasteiger charge is -2.25. The number of rotatable bonds is 6. The molecule has 1 aliphatic carbocycles. The van der Waals surface area contributed by atoms with E-state index in [2.05, 4.69) is 16.3 Å². The van der Waals surface area contributed by atoms with E-state index in [0.29, 0.717) is 23.0 Å². The highest BCUT2D eigenvalue weighted by atomic mass is 16.5. The van der Waals surface area contributed by atoms with E-state index in [4.69, 9.17) is 24.7 Å². The maximum absolute atomic E-state index is 9.99. The summed E-state index contributed by atoms with van der Waals surface area (Å²) in [6.45, 7) is 0. The van der Waals surface area contributed by atoms with Crippen molar-refractivity contribution in [2.75, 3.05) is 14.2 Å². The number of ether oxygens (including phenoxy) is 4. The SMILES string of the molecule is COc1ccc(-c2[nH]nc3c2[C@@H](c2ccc(OC4CCCC4)c(OC)c2)C(C#N)=C(N)O3)cc1. The van der Waals surface area contributed by atoms with Crippen molar-refractivity contribution >= 4 is 0 Å². The number of allylic oxidation sites excluding steroid dienone is 1. The van der Waals surface area contributed by atoms with Crippen LogP contribution >= 0.6 is 0 Å². The van der Waals surface area contributed by atoms with E-state index >= 15 is 0 Å². The third-order valence-electron chi connectivity index (χ3n) is 6.43. The van der Waals surface area contributed by atoms with Gasteiger partial charge in [-0.1, -0.05) is 6.07 Å². The zero-order chi connectivity index (χ0) is 23.7. The van der Waals surface area contributed by atoms with E-state index in [0.717, 1.165) is 41.0 Å². The molecule has 174 valence electrons. The normalized spacial score (nSPS) is 17.6. The monoisotopic (exact) mass is 458 g/mol. The number of aromatic amines is 1. The van der Waals surface area contributed by atoms with Gasteiger partial charge in [0.25, 0.3) is 0 Å². The van der Waals surface area contributed by atoms with Crippen LogP contribution in [-0.2, 0) is 0 Å². The maximum Gasteiger partial charge on any atom is 0.244 e. The molecule has 8 nitrogen and oxygen atoms in total. The maximum atomic E-state index is 9.99. The van der Waals surface area contributed by atoms with Crippen molar-refractivity contribution in [2.45, 2.75) is 37.7 Å². The van der Waals surface area contributed by atoms with Gasteiger partial charge in [-0.3, -0.25) is 5.10 Å². The van der Waals surface area contributed by atoms with Gasteiger partial charge in [-0.05, 0) is 67.6 Å². The Labute approximate surface area is 197 Å². The van der Waals surface area contributed by atoms with Gasteiger partial charge in [0.05, 0.1) is 37.5 Å². The fraction of sp³-hybridized carbons (Fsp3) is 0.308. The number of nitriles is 1. The standard InChI is InChI=1S/C26H26N4O4/c1-31-17-10-7-15(8-11-17)24-23-22(19(14-27)25(28)34-26(23)30-29-24)16-9-12-20(21(13-16)32-2)33-18-5-3-4-6-18/h7-13,18,22H,3-6,28H2,1-2H3,(H,29,30)/t22-/m0/s1. The van der Waals surface area contributed by atoms with Crippen molar-refractivity contribution in [3.05, 3.63) is 65.0 Å². The second-order valence-corrected chi connectivity index (χ2v) is 8.41. The summed E-state index contributed by atoms with van der Waals surface area (Å²) in [7, 11) is 3.24. The highest BCUT2D eigenvalue weighted by Crippen LogP contribution is 2.47. The molecule has 0 spiro atoms. The summed E-state index contributed by atoms with van der Waals surface area (Å²) >= 11 is 0. The van der Waals surface area contributed by atoms with Crippen molar-refractivity contribution in [3.63, 3.8) is 0 Å². The largest absolute Gasteiger partial charge is 0.497 e. The van der Waals surface area contributed by atoms with Crippen molar-refractivity contribution in [1.29, 1.82) is 5.26 Å². The first kappa shape index (κ1) is 21.7. The molecular weight excluding hydrogens is 432 g/mol. The predicted molar refractivity (Wildman–Crippen MR) is 126 cm³/mol. The third kappa shape index (κ3) is 3.79. The van der Waals surface area contributed by atoms with Gasteiger partial charge >= 0.3 is 0 Å². The third-order valence-corrected chi connectivity index (χ3v) is 6.43. The van der Waals surface area contributed by atoms with Gasteiger partial charge in [-0.15, -0.1) is 5.10 Å². The number of hydrogen-bond donors (Lipinski definition) is 2. The van der Waals surface area contributed by atoms with Gasteiger partial charge in [-0.25, -0.2) is 0 Å². The Hall–Kier alpha value is -4.12. The molecule has 1 aliphatic heterocycles. The highest BCUT2D eigenvalue weighted by Gasteiger charge is 2.36. The molecule has 0 saturated heterocycles. The van der Waals surface area contributed by atoms with E-state index in [1.165, 1.54) is 12.8 Å². The number of nitrogens with one attached hydrogen (secondary N) is 1. The fourth-order valence-electron chi connectivity index (χ4n) is 4.70. The summed E-state index contributed by atoms with van der Waals surface area (Å²) in [5.41, 5.74) is 9.65. The summed E-state index contributed by atoms with van der Waals surface area (Å²) in [5.74, 6) is 1.95. The van der Waals surface area contributed by atoms with Crippen LogP contribution in [-0.4, -0.2) is 30.5 Å². The Bertz CT molecular complexity index is 1270. The van der Waals surface area contributed by atoms with E-state index in [1.54, 1.807) is 14.2 Å². The molecule has 1 aromatic heterocycles. The average Bonchev–Trinajstić information content (AvgIpc) is 3.53. The van der Waals surface area contributed by atoms with Crippen LogP contribution < -0.4 is 24.7 Å². The van der Waals surface area contributed by atoms with Gasteiger partial charge in [0.2, 0.25) is 11.8 Å². The van der Waals surface area contributed by atoms with Crippen LogP contribution in [0.4, 0.5) is 0 Å². The lowest BCUT2D eigenvalue weighted by molar-refractivity contribution is 0.200. The zero-order valence-corrected chi connectivity index (χ0v) is 19.1. The molecule has 3 aromatic rings. The van der Waals surface area contributed by atoms with Gasteiger partial charge < -0.3 is 24.7 Å². The molecule has 2 aromatic carbocycles. The summed E-state index contributed by atoms with van der Waals surface area (Å²) in [6.07, 6.45) is 4.66. The van der Waals surface area contributed by atoms with E-state index < -0.39 is 5.92 Å². The van der Waals surface area contributed by atoms with Crippen LogP contribution in [0.3, 0.4) is 0 Å². The van der Waals surface area contributed by atoms with Crippen molar-refractivity contribution in [2.24, 2.45) is 5.73 Å². The second-order valence-electron chi connectivity index (χ2n) is 8.41. The van der Waals surface area contributed by atoms with Crippen LogP contribution in [0, 0.1) is 11.3 Å². The smallest absolute Gasteiger partial charge is 0.244 e. The average molecular weight is 459 g/mol. The molecule has 1 saturated carbocycles. The van der Waals surface area contributed by atoms with Gasteiger partial charge in [0, 0.05) is 5.56 Å². The number of aromatic nitrogens is 2. The summed E-state index contributed by atoms with van der Waals surface area (Å²) in [4.78, 5) is 0. The Morgan fingerprint density at radius 2 is 1.82 bits per heavy atom. The van der Waals surface area contributed by atoms with Crippen LogP contribution in [0.5, 0.6) is 23.1 Å². The lowest BCUT2D eigenvalue weighted by Crippen LogP contribution is -2.21. The molecule has 8 heteroatoms.